The molecule has 1 saturated carbocycles. The van der Waals surface area contributed by atoms with E-state index in [1.54, 1.807) is 5.56 Å². The summed E-state index contributed by atoms with van der Waals surface area (Å²) in [6, 6.07) is 9.07. The molecule has 110 valence electrons. The lowest BCUT2D eigenvalue weighted by Gasteiger charge is -2.33. The first-order valence-electron chi connectivity index (χ1n) is 8.35. The molecule has 0 bridgehead atoms. The van der Waals surface area contributed by atoms with Crippen molar-refractivity contribution in [1.29, 1.82) is 0 Å². The molecule has 0 radical (unpaired) electrons. The van der Waals surface area contributed by atoms with Crippen molar-refractivity contribution in [2.75, 3.05) is 19.6 Å². The van der Waals surface area contributed by atoms with Crippen LogP contribution < -0.4 is 5.73 Å². The molecule has 0 amide bonds. The van der Waals surface area contributed by atoms with E-state index in [-0.39, 0.29) is 5.41 Å². The van der Waals surface area contributed by atoms with E-state index in [2.05, 4.69) is 29.2 Å². The SMILES string of the molecule is NCC1(c2ccccc2CN2CCCCC2)CCCC1. The van der Waals surface area contributed by atoms with Gasteiger partial charge in [-0.1, -0.05) is 43.5 Å². The average molecular weight is 272 g/mol. The molecular formula is C18H28N2. The molecule has 1 aliphatic carbocycles. The maximum atomic E-state index is 6.19. The van der Waals surface area contributed by atoms with Crippen LogP contribution >= 0.6 is 0 Å². The molecule has 2 aliphatic rings. The van der Waals surface area contributed by atoms with Crippen LogP contribution in [0.1, 0.15) is 56.1 Å². The van der Waals surface area contributed by atoms with E-state index in [0.717, 1.165) is 13.1 Å². The number of rotatable bonds is 4. The van der Waals surface area contributed by atoms with Gasteiger partial charge >= 0.3 is 0 Å². The fourth-order valence-corrected chi connectivity index (χ4v) is 4.17. The van der Waals surface area contributed by atoms with E-state index in [4.69, 9.17) is 5.73 Å². The molecule has 1 heterocycles. The predicted octanol–water partition coefficient (Wildman–Crippen LogP) is 3.44. The first kappa shape index (κ1) is 14.1. The van der Waals surface area contributed by atoms with Gasteiger partial charge in [0.1, 0.15) is 0 Å². The quantitative estimate of drug-likeness (QED) is 0.909. The summed E-state index contributed by atoms with van der Waals surface area (Å²) in [4.78, 5) is 2.63. The van der Waals surface area contributed by atoms with Crippen molar-refractivity contribution in [3.63, 3.8) is 0 Å². The van der Waals surface area contributed by atoms with Crippen LogP contribution in [0.4, 0.5) is 0 Å². The maximum absolute atomic E-state index is 6.19. The van der Waals surface area contributed by atoms with Crippen molar-refractivity contribution in [1.82, 2.24) is 4.90 Å². The van der Waals surface area contributed by atoms with Crippen LogP contribution in [0, 0.1) is 0 Å². The highest BCUT2D eigenvalue weighted by atomic mass is 15.1. The first-order chi connectivity index (χ1) is 9.84. The van der Waals surface area contributed by atoms with Gasteiger partial charge in [-0.15, -0.1) is 0 Å². The van der Waals surface area contributed by atoms with Gasteiger partial charge in [0.2, 0.25) is 0 Å². The zero-order valence-corrected chi connectivity index (χ0v) is 12.6. The van der Waals surface area contributed by atoms with Gasteiger partial charge in [-0.25, -0.2) is 0 Å². The van der Waals surface area contributed by atoms with Crippen molar-refractivity contribution >= 4 is 0 Å². The zero-order chi connectivity index (χ0) is 13.8. The summed E-state index contributed by atoms with van der Waals surface area (Å²) in [5.74, 6) is 0. The third-order valence-electron chi connectivity index (χ3n) is 5.38. The van der Waals surface area contributed by atoms with Crippen molar-refractivity contribution in [3.8, 4) is 0 Å². The first-order valence-corrected chi connectivity index (χ1v) is 8.35. The van der Waals surface area contributed by atoms with E-state index in [1.165, 1.54) is 63.6 Å². The number of likely N-dealkylation sites (tertiary alicyclic amines) is 1. The summed E-state index contributed by atoms with van der Waals surface area (Å²) >= 11 is 0. The summed E-state index contributed by atoms with van der Waals surface area (Å²) in [5.41, 5.74) is 9.54. The molecule has 0 unspecified atom stereocenters. The molecule has 2 N–H and O–H groups in total. The lowest BCUT2D eigenvalue weighted by molar-refractivity contribution is 0.219. The van der Waals surface area contributed by atoms with E-state index >= 15 is 0 Å². The monoisotopic (exact) mass is 272 g/mol. The number of piperidine rings is 1. The van der Waals surface area contributed by atoms with Crippen LogP contribution in [0.15, 0.2) is 24.3 Å². The van der Waals surface area contributed by atoms with Crippen molar-refractivity contribution in [2.24, 2.45) is 5.73 Å². The highest BCUT2D eigenvalue weighted by Gasteiger charge is 2.35. The number of benzene rings is 1. The Morgan fingerprint density at radius 2 is 1.65 bits per heavy atom. The van der Waals surface area contributed by atoms with Gasteiger partial charge in [0, 0.05) is 18.5 Å². The largest absolute Gasteiger partial charge is 0.330 e. The Morgan fingerprint density at radius 3 is 2.35 bits per heavy atom. The third-order valence-corrected chi connectivity index (χ3v) is 5.38. The minimum absolute atomic E-state index is 0.270. The number of hydrogen-bond acceptors (Lipinski definition) is 2. The molecule has 3 rings (SSSR count). The molecule has 2 heteroatoms. The zero-order valence-electron chi connectivity index (χ0n) is 12.6. The molecule has 0 atom stereocenters. The standard InChI is InChI=1S/C18H28N2/c19-15-18(10-4-5-11-18)17-9-3-2-8-16(17)14-20-12-6-1-7-13-20/h2-3,8-9H,1,4-7,10-15,19H2. The molecule has 0 aromatic heterocycles. The fourth-order valence-electron chi connectivity index (χ4n) is 4.17. The smallest absolute Gasteiger partial charge is 0.0236 e. The van der Waals surface area contributed by atoms with Crippen LogP contribution in [0.2, 0.25) is 0 Å². The highest BCUT2D eigenvalue weighted by molar-refractivity contribution is 5.36. The molecular weight excluding hydrogens is 244 g/mol. The Bertz CT molecular complexity index is 429. The number of nitrogens with zero attached hydrogens (tertiary/aromatic N) is 1. The maximum Gasteiger partial charge on any atom is 0.0236 e. The van der Waals surface area contributed by atoms with Gasteiger partial charge < -0.3 is 5.73 Å². The van der Waals surface area contributed by atoms with Gasteiger partial charge in [0.15, 0.2) is 0 Å². The Balaban J connectivity index is 1.83. The topological polar surface area (TPSA) is 29.3 Å². The van der Waals surface area contributed by atoms with Crippen LogP contribution in [0.3, 0.4) is 0 Å². The van der Waals surface area contributed by atoms with Crippen LogP contribution in [0.25, 0.3) is 0 Å². The third kappa shape index (κ3) is 2.77. The summed E-state index contributed by atoms with van der Waals surface area (Å²) < 4.78 is 0. The summed E-state index contributed by atoms with van der Waals surface area (Å²) in [5, 5.41) is 0. The summed E-state index contributed by atoms with van der Waals surface area (Å²) in [7, 11) is 0. The van der Waals surface area contributed by atoms with Crippen molar-refractivity contribution in [2.45, 2.75) is 56.9 Å². The Hall–Kier alpha value is -0.860. The second kappa shape index (κ2) is 6.28. The molecule has 2 fully saturated rings. The Kier molecular flexibility index (Phi) is 4.42. The second-order valence-electron chi connectivity index (χ2n) is 6.69. The van der Waals surface area contributed by atoms with Gasteiger partial charge in [-0.2, -0.15) is 0 Å². The summed E-state index contributed by atoms with van der Waals surface area (Å²) in [6.45, 7) is 4.47. The van der Waals surface area contributed by atoms with E-state index in [9.17, 15) is 0 Å². The van der Waals surface area contributed by atoms with Crippen LogP contribution in [0.5, 0.6) is 0 Å². The molecule has 0 spiro atoms. The van der Waals surface area contributed by atoms with Gasteiger partial charge in [0.05, 0.1) is 0 Å². The van der Waals surface area contributed by atoms with E-state index in [0.29, 0.717) is 0 Å². The molecule has 1 aliphatic heterocycles. The molecule has 1 aromatic rings. The second-order valence-corrected chi connectivity index (χ2v) is 6.69. The molecule has 2 nitrogen and oxygen atoms in total. The molecule has 1 saturated heterocycles. The Labute approximate surface area is 123 Å². The minimum Gasteiger partial charge on any atom is -0.330 e. The van der Waals surface area contributed by atoms with Gasteiger partial charge in [-0.3, -0.25) is 4.90 Å². The highest BCUT2D eigenvalue weighted by Crippen LogP contribution is 2.41. The van der Waals surface area contributed by atoms with E-state index < -0.39 is 0 Å². The van der Waals surface area contributed by atoms with Crippen LogP contribution in [-0.2, 0) is 12.0 Å². The lowest BCUT2D eigenvalue weighted by Crippen LogP contribution is -2.35. The molecule has 1 aromatic carbocycles. The van der Waals surface area contributed by atoms with Gasteiger partial charge in [0.25, 0.3) is 0 Å². The van der Waals surface area contributed by atoms with Crippen molar-refractivity contribution in [3.05, 3.63) is 35.4 Å². The van der Waals surface area contributed by atoms with Crippen LogP contribution in [-0.4, -0.2) is 24.5 Å². The summed E-state index contributed by atoms with van der Waals surface area (Å²) in [6.07, 6.45) is 9.38. The minimum atomic E-state index is 0.270. The molecule has 20 heavy (non-hydrogen) atoms. The van der Waals surface area contributed by atoms with Crippen molar-refractivity contribution < 1.29 is 0 Å². The Morgan fingerprint density at radius 1 is 0.950 bits per heavy atom. The van der Waals surface area contributed by atoms with Gasteiger partial charge in [-0.05, 0) is 49.9 Å². The number of nitrogens with two attached hydrogens (primary N) is 1. The van der Waals surface area contributed by atoms with E-state index in [1.807, 2.05) is 0 Å². The normalized spacial score (nSPS) is 23.1. The number of hydrogen-bond donors (Lipinski definition) is 1. The lowest BCUT2D eigenvalue weighted by atomic mass is 9.76. The average Bonchev–Trinajstić information content (AvgIpc) is 2.99. The predicted molar refractivity (Wildman–Crippen MR) is 84.8 cm³/mol. The fraction of sp³-hybridized carbons (Fsp3) is 0.667.